The second kappa shape index (κ2) is 6.11. The summed E-state index contributed by atoms with van der Waals surface area (Å²) in [4.78, 5) is 16.2. The summed E-state index contributed by atoms with van der Waals surface area (Å²) in [7, 11) is 1.91. The van der Waals surface area contributed by atoms with Gasteiger partial charge in [0.05, 0.1) is 17.5 Å². The molecule has 7 heteroatoms. The Morgan fingerprint density at radius 2 is 2.19 bits per heavy atom. The van der Waals surface area contributed by atoms with Gasteiger partial charge in [-0.15, -0.1) is 0 Å². The van der Waals surface area contributed by atoms with E-state index < -0.39 is 0 Å². The Morgan fingerprint density at radius 3 is 2.85 bits per heavy atom. The lowest BCUT2D eigenvalue weighted by Gasteiger charge is -2.21. The van der Waals surface area contributed by atoms with Crippen molar-refractivity contribution < 1.29 is 9.53 Å². The largest absolute Gasteiger partial charge is 0.488 e. The van der Waals surface area contributed by atoms with Crippen molar-refractivity contribution >= 4 is 16.9 Å². The quantitative estimate of drug-likeness (QED) is 0.754. The van der Waals surface area contributed by atoms with Gasteiger partial charge >= 0.3 is 0 Å². The third kappa shape index (κ3) is 2.97. The van der Waals surface area contributed by atoms with E-state index in [0.29, 0.717) is 19.0 Å². The molecule has 5 rings (SSSR count). The van der Waals surface area contributed by atoms with Gasteiger partial charge < -0.3 is 14.6 Å². The molecule has 3 aromatic rings. The van der Waals surface area contributed by atoms with Crippen molar-refractivity contribution in [3.8, 4) is 17.0 Å². The highest BCUT2D eigenvalue weighted by Gasteiger charge is 2.30. The molecule has 1 aliphatic carbocycles. The summed E-state index contributed by atoms with van der Waals surface area (Å²) in [5.74, 6) is 1.11. The van der Waals surface area contributed by atoms with Gasteiger partial charge in [-0.05, 0) is 38.0 Å². The van der Waals surface area contributed by atoms with Gasteiger partial charge in [-0.25, -0.2) is 4.98 Å². The van der Waals surface area contributed by atoms with E-state index in [0.717, 1.165) is 28.0 Å². The molecule has 1 saturated heterocycles. The minimum atomic E-state index is -0.0614. The van der Waals surface area contributed by atoms with Crippen molar-refractivity contribution in [2.24, 2.45) is 13.0 Å². The zero-order chi connectivity index (χ0) is 18.5. The highest BCUT2D eigenvalue weighted by Crippen LogP contribution is 2.41. The molecule has 1 saturated carbocycles. The number of benzene rings is 1. The molecule has 7 nitrogen and oxygen atoms in total. The van der Waals surface area contributed by atoms with Crippen molar-refractivity contribution in [1.82, 2.24) is 24.6 Å². The first-order valence-corrected chi connectivity index (χ1v) is 9.52. The van der Waals surface area contributed by atoms with E-state index in [-0.39, 0.29) is 17.9 Å². The van der Waals surface area contributed by atoms with Crippen LogP contribution >= 0.6 is 0 Å². The summed E-state index contributed by atoms with van der Waals surface area (Å²) in [6, 6.07) is 6.65. The third-order valence-corrected chi connectivity index (χ3v) is 5.57. The molecule has 2 aliphatic rings. The van der Waals surface area contributed by atoms with Crippen molar-refractivity contribution in [2.45, 2.75) is 38.3 Å². The summed E-state index contributed by atoms with van der Waals surface area (Å²) in [6.07, 6.45) is 6.68. The van der Waals surface area contributed by atoms with Gasteiger partial charge in [-0.3, -0.25) is 9.48 Å². The van der Waals surface area contributed by atoms with Crippen molar-refractivity contribution in [3.05, 3.63) is 30.7 Å². The molecule has 2 fully saturated rings. The average Bonchev–Trinajstić information content (AvgIpc) is 3.04. The second-order valence-corrected chi connectivity index (χ2v) is 7.69. The Bertz CT molecular complexity index is 1020. The first-order valence-electron chi connectivity index (χ1n) is 9.52. The van der Waals surface area contributed by atoms with E-state index in [2.05, 4.69) is 32.1 Å². The van der Waals surface area contributed by atoms with Crippen molar-refractivity contribution in [3.63, 3.8) is 0 Å². The molecule has 140 valence electrons. The monoisotopic (exact) mass is 365 g/mol. The molecule has 2 atom stereocenters. The first-order chi connectivity index (χ1) is 13.1. The number of fused-ring (bicyclic) bond motifs is 1. The van der Waals surface area contributed by atoms with Crippen molar-refractivity contribution in [2.75, 3.05) is 6.54 Å². The number of imidazole rings is 1. The molecule has 1 amide bonds. The second-order valence-electron chi connectivity index (χ2n) is 7.69. The number of aromatic nitrogens is 4. The summed E-state index contributed by atoms with van der Waals surface area (Å²) < 4.78 is 10.4. The van der Waals surface area contributed by atoms with Gasteiger partial charge in [0.2, 0.25) is 5.91 Å². The van der Waals surface area contributed by atoms with Crippen molar-refractivity contribution in [1.29, 1.82) is 0 Å². The number of nitrogens with one attached hydrogen (secondary N) is 1. The van der Waals surface area contributed by atoms with Crippen LogP contribution in [-0.4, -0.2) is 37.9 Å². The lowest BCUT2D eigenvalue weighted by molar-refractivity contribution is -0.119. The van der Waals surface area contributed by atoms with Crippen LogP contribution in [0.2, 0.25) is 0 Å². The maximum atomic E-state index is 11.6. The highest BCUT2D eigenvalue weighted by molar-refractivity contribution is 5.87. The molecule has 1 aromatic carbocycles. The van der Waals surface area contributed by atoms with Gasteiger partial charge in [0, 0.05) is 43.7 Å². The predicted molar refractivity (Wildman–Crippen MR) is 101 cm³/mol. The molecule has 0 radical (unpaired) electrons. The Labute approximate surface area is 157 Å². The lowest BCUT2D eigenvalue weighted by atomic mass is 10.0. The number of carbonyl (C=O) groups is 1. The number of rotatable bonds is 5. The molecule has 1 N–H and O–H groups in total. The summed E-state index contributed by atoms with van der Waals surface area (Å²) in [5, 5.41) is 7.42. The van der Waals surface area contributed by atoms with Crippen LogP contribution in [-0.2, 0) is 11.8 Å². The first kappa shape index (κ1) is 16.4. The highest BCUT2D eigenvalue weighted by atomic mass is 16.5. The average molecular weight is 365 g/mol. The van der Waals surface area contributed by atoms with E-state index in [4.69, 9.17) is 4.74 Å². The Morgan fingerprint density at radius 1 is 1.33 bits per heavy atom. The fraction of sp³-hybridized carbons (Fsp3) is 0.450. The van der Waals surface area contributed by atoms with Gasteiger partial charge in [0.15, 0.2) is 0 Å². The third-order valence-electron chi connectivity index (χ3n) is 5.57. The maximum Gasteiger partial charge on any atom is 0.220 e. The van der Waals surface area contributed by atoms with E-state index in [1.807, 2.05) is 32.6 Å². The van der Waals surface area contributed by atoms with E-state index in [1.165, 1.54) is 12.8 Å². The molecular formula is C20H23N5O2. The number of aryl methyl sites for hydroxylation is 1. The molecule has 1 unspecified atom stereocenters. The van der Waals surface area contributed by atoms with Gasteiger partial charge in [-0.1, -0.05) is 0 Å². The van der Waals surface area contributed by atoms with Crippen LogP contribution in [0.4, 0.5) is 0 Å². The molecule has 27 heavy (non-hydrogen) atoms. The van der Waals surface area contributed by atoms with Crippen LogP contribution < -0.4 is 10.1 Å². The SMILES string of the molecule is C[C@@H](Oc1cc(-c2ccn(C)n2)cc2ncn(C3CC3)c12)C1CNC(=O)C1. The normalized spacial score (nSPS) is 20.8. The van der Waals surface area contributed by atoms with Crippen LogP contribution in [0.1, 0.15) is 32.2 Å². The van der Waals surface area contributed by atoms with Crippen LogP contribution in [0.3, 0.4) is 0 Å². The number of hydrogen-bond donors (Lipinski definition) is 1. The van der Waals surface area contributed by atoms with Gasteiger partial charge in [-0.2, -0.15) is 5.10 Å². The van der Waals surface area contributed by atoms with Gasteiger partial charge in [0.1, 0.15) is 17.4 Å². The molecule has 0 spiro atoms. The fourth-order valence-electron chi connectivity index (χ4n) is 3.83. The van der Waals surface area contributed by atoms with Gasteiger partial charge in [0.25, 0.3) is 0 Å². The minimum absolute atomic E-state index is 0.0614. The van der Waals surface area contributed by atoms with E-state index >= 15 is 0 Å². The molecule has 2 aromatic heterocycles. The topological polar surface area (TPSA) is 74.0 Å². The molecule has 3 heterocycles. The molecule has 0 bridgehead atoms. The Hall–Kier alpha value is -2.83. The number of ether oxygens (including phenoxy) is 1. The lowest BCUT2D eigenvalue weighted by Crippen LogP contribution is -2.25. The zero-order valence-electron chi connectivity index (χ0n) is 15.6. The van der Waals surface area contributed by atoms with Crippen LogP contribution in [0.5, 0.6) is 5.75 Å². The van der Waals surface area contributed by atoms with E-state index in [1.54, 1.807) is 4.68 Å². The Kier molecular flexibility index (Phi) is 3.70. The number of amides is 1. The zero-order valence-corrected chi connectivity index (χ0v) is 15.6. The standard InChI is InChI=1S/C20H23N5O2/c1-12(14-9-19(26)21-10-14)27-18-8-13(16-5-6-24(2)23-16)7-17-20(18)25(11-22-17)15-3-4-15/h5-8,11-12,14-15H,3-4,9-10H2,1-2H3,(H,21,26)/t12-,14?/m1/s1. The smallest absolute Gasteiger partial charge is 0.220 e. The maximum absolute atomic E-state index is 11.6. The number of nitrogens with zero attached hydrogens (tertiary/aromatic N) is 4. The predicted octanol–water partition coefficient (Wildman–Crippen LogP) is 2.68. The summed E-state index contributed by atoms with van der Waals surface area (Å²) in [5.41, 5.74) is 3.86. The van der Waals surface area contributed by atoms with Crippen LogP contribution in [0.15, 0.2) is 30.7 Å². The van der Waals surface area contributed by atoms with E-state index in [9.17, 15) is 4.79 Å². The van der Waals surface area contributed by atoms with Crippen LogP contribution in [0.25, 0.3) is 22.3 Å². The molecular weight excluding hydrogens is 342 g/mol. The molecule has 1 aliphatic heterocycles. The summed E-state index contributed by atoms with van der Waals surface area (Å²) in [6.45, 7) is 2.72. The Balaban J connectivity index is 1.56. The van der Waals surface area contributed by atoms with Crippen LogP contribution in [0, 0.1) is 5.92 Å². The number of hydrogen-bond acceptors (Lipinski definition) is 4. The minimum Gasteiger partial charge on any atom is -0.488 e. The number of carbonyl (C=O) groups excluding carboxylic acids is 1. The fourth-order valence-corrected chi connectivity index (χ4v) is 3.83. The summed E-state index contributed by atoms with van der Waals surface area (Å²) >= 11 is 0.